The van der Waals surface area contributed by atoms with Crippen LogP contribution in [0, 0.1) is 0 Å². The number of hydrogen-bond acceptors (Lipinski definition) is 11. The number of aromatic amines is 1. The molecular weight excluding hydrogens is 502 g/mol. The van der Waals surface area contributed by atoms with E-state index in [1.54, 1.807) is 32.0 Å². The van der Waals surface area contributed by atoms with Gasteiger partial charge in [0.25, 0.3) is 0 Å². The molecule has 0 unspecified atom stereocenters. The van der Waals surface area contributed by atoms with Crippen LogP contribution in [0.1, 0.15) is 19.4 Å². The lowest BCUT2D eigenvalue weighted by molar-refractivity contribution is 0.516. The fourth-order valence-corrected chi connectivity index (χ4v) is 6.73. The predicted molar refractivity (Wildman–Crippen MR) is 127 cm³/mol. The van der Waals surface area contributed by atoms with Crippen molar-refractivity contribution in [2.24, 2.45) is 16.0 Å². The third kappa shape index (κ3) is 4.50. The Balaban J connectivity index is 2.32. The van der Waals surface area contributed by atoms with E-state index < -0.39 is 35.4 Å². The maximum absolute atomic E-state index is 12.8. The quantitative estimate of drug-likeness (QED) is 0.231. The number of benzene rings is 2. The number of thiazole rings is 1. The van der Waals surface area contributed by atoms with Crippen LogP contribution in [0.3, 0.4) is 0 Å². The van der Waals surface area contributed by atoms with Crippen molar-refractivity contribution in [1.29, 1.82) is 0 Å². The van der Waals surface area contributed by atoms with Gasteiger partial charge in [0.05, 0.1) is 15.8 Å². The van der Waals surface area contributed by atoms with Crippen LogP contribution in [-0.4, -0.2) is 48.0 Å². The molecule has 0 spiro atoms. The maximum atomic E-state index is 12.8. The van der Waals surface area contributed by atoms with Crippen molar-refractivity contribution in [3.8, 4) is 22.5 Å². The molecule has 0 bridgehead atoms. The molecule has 2 aromatic carbocycles. The first-order valence-corrected chi connectivity index (χ1v) is 13.5. The number of para-hydroxylation sites is 1. The predicted octanol–water partition coefficient (Wildman–Crippen LogP) is 0.300. The van der Waals surface area contributed by atoms with Gasteiger partial charge in [-0.3, -0.25) is 0 Å². The number of tetrazole rings is 1. The summed E-state index contributed by atoms with van der Waals surface area (Å²) < 4.78 is 51.4. The highest BCUT2D eigenvalue weighted by Gasteiger charge is 2.34. The molecule has 0 aliphatic carbocycles. The number of nitrogen functional groups attached to an aromatic ring is 1. The first kappa shape index (κ1) is 24.1. The van der Waals surface area contributed by atoms with Gasteiger partial charge in [-0.05, 0) is 54.0 Å². The number of hydrogen-bond donors (Lipinski definition) is 5. The molecule has 0 aliphatic rings. The van der Waals surface area contributed by atoms with E-state index in [2.05, 4.69) is 25.6 Å². The topological polar surface area (TPSA) is 240 Å². The Labute approximate surface area is 198 Å². The minimum absolute atomic E-state index is 0.125. The van der Waals surface area contributed by atoms with E-state index in [0.717, 1.165) is 4.70 Å². The van der Waals surface area contributed by atoms with Crippen LogP contribution in [0.25, 0.3) is 32.7 Å². The summed E-state index contributed by atoms with van der Waals surface area (Å²) in [6.07, 6.45) is 0.125. The number of H-pyrrole nitrogens is 1. The summed E-state index contributed by atoms with van der Waals surface area (Å²) in [7, 11) is -9.22. The van der Waals surface area contributed by atoms with Gasteiger partial charge in [-0.2, -0.15) is 0 Å². The number of aromatic nitrogens is 5. The Morgan fingerprint density at radius 1 is 1.09 bits per heavy atom. The van der Waals surface area contributed by atoms with Gasteiger partial charge in [0.1, 0.15) is 9.79 Å². The van der Waals surface area contributed by atoms with Gasteiger partial charge in [-0.25, -0.2) is 37.2 Å². The van der Waals surface area contributed by atoms with Gasteiger partial charge in [0.2, 0.25) is 20.0 Å². The summed E-state index contributed by atoms with van der Waals surface area (Å²) in [5.74, 6) is -0.138. The summed E-state index contributed by atoms with van der Waals surface area (Å²) >= 11 is 1.24. The highest BCUT2D eigenvalue weighted by molar-refractivity contribution is 7.92. The average molecular weight is 524 g/mol. The monoisotopic (exact) mass is 523 g/mol. The third-order valence-electron chi connectivity index (χ3n) is 4.85. The van der Waals surface area contributed by atoms with E-state index in [9.17, 15) is 16.8 Å². The lowest BCUT2D eigenvalue weighted by Gasteiger charge is -2.24. The van der Waals surface area contributed by atoms with Crippen molar-refractivity contribution in [2.75, 3.05) is 5.73 Å². The summed E-state index contributed by atoms with van der Waals surface area (Å²) in [6.45, 7) is 3.47. The molecule has 0 aliphatic heterocycles. The van der Waals surface area contributed by atoms with Crippen molar-refractivity contribution in [2.45, 2.75) is 35.6 Å². The fourth-order valence-electron chi connectivity index (χ4n) is 3.78. The summed E-state index contributed by atoms with van der Waals surface area (Å²) in [5, 5.41) is 24.6. The normalized spacial score (nSPS) is 13.0. The number of nitrogens with two attached hydrogens (primary N) is 4. The Morgan fingerprint density at radius 3 is 2.35 bits per heavy atom. The molecule has 180 valence electrons. The molecule has 0 saturated heterocycles. The van der Waals surface area contributed by atoms with Gasteiger partial charge in [0, 0.05) is 11.1 Å². The maximum Gasteiger partial charge on any atom is 0.240 e. The molecule has 16 heteroatoms. The standard InChI is InChI=1S/C18H21N9O4S3/c1-18(2,20)7-8-6-11(33(21,28)29)15(34(22,30)31)13(16-24-26-27-25-16)12(8)9-4-3-5-10-14(9)23-17(19)32-10/h3-6H,7,20H2,1-2H3,(H2,19,23)(H2,21,28,29)(H2,22,30,31)(H,24,25,26,27). The van der Waals surface area contributed by atoms with Crippen LogP contribution in [0.15, 0.2) is 34.1 Å². The lowest BCUT2D eigenvalue weighted by Crippen LogP contribution is -2.35. The second-order valence-electron chi connectivity index (χ2n) is 8.32. The molecule has 34 heavy (non-hydrogen) atoms. The van der Waals surface area contributed by atoms with Crippen molar-refractivity contribution in [3.63, 3.8) is 0 Å². The summed E-state index contributed by atoms with van der Waals surface area (Å²) in [4.78, 5) is 2.94. The highest BCUT2D eigenvalue weighted by Crippen LogP contribution is 2.44. The second-order valence-corrected chi connectivity index (χ2v) is 12.4. The van der Waals surface area contributed by atoms with E-state index in [1.807, 2.05) is 0 Å². The lowest BCUT2D eigenvalue weighted by atomic mass is 9.86. The van der Waals surface area contributed by atoms with Crippen LogP contribution >= 0.6 is 11.3 Å². The molecule has 2 aromatic heterocycles. The van der Waals surface area contributed by atoms with Crippen LogP contribution in [0.2, 0.25) is 0 Å². The highest BCUT2D eigenvalue weighted by atomic mass is 32.2. The number of nitrogens with one attached hydrogen (secondary N) is 1. The van der Waals surface area contributed by atoms with E-state index in [0.29, 0.717) is 21.8 Å². The molecule has 9 N–H and O–H groups in total. The number of fused-ring (bicyclic) bond motifs is 1. The van der Waals surface area contributed by atoms with Crippen LogP contribution in [0.4, 0.5) is 5.13 Å². The largest absolute Gasteiger partial charge is 0.375 e. The zero-order valence-corrected chi connectivity index (χ0v) is 20.4. The summed E-state index contributed by atoms with van der Waals surface area (Å²) in [5.41, 5.74) is 12.8. The van der Waals surface area contributed by atoms with Crippen LogP contribution in [-0.2, 0) is 26.5 Å². The SMILES string of the molecule is CC(C)(N)Cc1cc(S(N)(=O)=O)c(S(N)(=O)=O)c(-c2nnn[nH]2)c1-c1cccc2sc(N)nc12. The van der Waals surface area contributed by atoms with E-state index in [-0.39, 0.29) is 23.4 Å². The smallest absolute Gasteiger partial charge is 0.240 e. The molecule has 0 radical (unpaired) electrons. The summed E-state index contributed by atoms with van der Waals surface area (Å²) in [6, 6.07) is 6.40. The second kappa shape index (κ2) is 8.03. The first-order chi connectivity index (χ1) is 15.7. The van der Waals surface area contributed by atoms with Gasteiger partial charge >= 0.3 is 0 Å². The number of primary sulfonamides is 2. The minimum atomic E-state index is -4.66. The molecular formula is C18H21N9O4S3. The number of rotatable bonds is 6. The number of anilines is 1. The molecule has 4 aromatic rings. The van der Waals surface area contributed by atoms with Gasteiger partial charge in [0.15, 0.2) is 11.0 Å². The van der Waals surface area contributed by atoms with Crippen LogP contribution in [0.5, 0.6) is 0 Å². The van der Waals surface area contributed by atoms with Crippen molar-refractivity contribution in [1.82, 2.24) is 25.6 Å². The number of nitrogens with zero attached hydrogens (tertiary/aromatic N) is 4. The van der Waals surface area contributed by atoms with Crippen molar-refractivity contribution >= 4 is 46.7 Å². The van der Waals surface area contributed by atoms with Gasteiger partial charge < -0.3 is 11.5 Å². The molecule has 13 nitrogen and oxygen atoms in total. The zero-order valence-electron chi connectivity index (χ0n) is 18.0. The molecule has 0 saturated carbocycles. The molecule has 0 amide bonds. The minimum Gasteiger partial charge on any atom is -0.375 e. The van der Waals surface area contributed by atoms with E-state index in [4.69, 9.17) is 21.7 Å². The Morgan fingerprint density at radius 2 is 1.79 bits per heavy atom. The van der Waals surface area contributed by atoms with Crippen molar-refractivity contribution in [3.05, 3.63) is 29.8 Å². The molecule has 0 atom stereocenters. The first-order valence-electron chi connectivity index (χ1n) is 9.60. The van der Waals surface area contributed by atoms with Gasteiger partial charge in [-0.15, -0.1) is 5.10 Å². The molecule has 2 heterocycles. The Hall–Kier alpha value is -3.02. The Kier molecular flexibility index (Phi) is 5.70. The van der Waals surface area contributed by atoms with E-state index >= 15 is 0 Å². The van der Waals surface area contributed by atoms with Crippen molar-refractivity contribution < 1.29 is 16.8 Å². The van der Waals surface area contributed by atoms with Crippen LogP contribution < -0.4 is 21.7 Å². The fraction of sp³-hybridized carbons (Fsp3) is 0.222. The molecule has 0 fully saturated rings. The average Bonchev–Trinajstić information content (AvgIpc) is 3.32. The third-order valence-corrected chi connectivity index (χ3v) is 7.76. The zero-order chi connectivity index (χ0) is 25.1. The van der Waals surface area contributed by atoms with E-state index in [1.165, 1.54) is 17.4 Å². The number of sulfonamides is 2. The van der Waals surface area contributed by atoms with Gasteiger partial charge in [-0.1, -0.05) is 23.5 Å². The Bertz CT molecular complexity index is 1620. The molecule has 4 rings (SSSR count).